The second-order valence-electron chi connectivity index (χ2n) is 7.29. The van der Waals surface area contributed by atoms with Gasteiger partial charge in [0.1, 0.15) is 5.82 Å². The minimum atomic E-state index is 0. The number of aliphatic imine (C=N–C) groups is 1. The van der Waals surface area contributed by atoms with Gasteiger partial charge in [-0.05, 0) is 18.4 Å². The maximum absolute atomic E-state index is 5.47. The second kappa shape index (κ2) is 13.1. The van der Waals surface area contributed by atoms with Gasteiger partial charge >= 0.3 is 0 Å². The minimum Gasteiger partial charge on any atom is -0.359 e. The number of nitrogens with one attached hydrogen (secondary N) is 2. The molecule has 0 saturated heterocycles. The highest BCUT2D eigenvalue weighted by atomic mass is 127. The van der Waals surface area contributed by atoms with Crippen molar-refractivity contribution in [3.63, 3.8) is 0 Å². The summed E-state index contributed by atoms with van der Waals surface area (Å²) in [7, 11) is 1.77. The van der Waals surface area contributed by atoms with Crippen molar-refractivity contribution >= 4 is 29.9 Å². The monoisotopic (exact) mass is 536 g/mol. The number of rotatable bonds is 10. The third kappa shape index (κ3) is 7.37. The van der Waals surface area contributed by atoms with Crippen molar-refractivity contribution in [2.75, 3.05) is 13.6 Å². The molecule has 0 saturated carbocycles. The highest BCUT2D eigenvalue weighted by Gasteiger charge is 2.13. The molecule has 0 spiro atoms. The number of hydrogen-bond donors (Lipinski definition) is 2. The molecule has 0 bridgehead atoms. The Morgan fingerprint density at radius 1 is 1.16 bits per heavy atom. The predicted molar refractivity (Wildman–Crippen MR) is 135 cm³/mol. The van der Waals surface area contributed by atoms with Crippen molar-refractivity contribution < 1.29 is 4.52 Å². The Hall–Kier alpha value is -2.36. The molecule has 0 aliphatic heterocycles. The van der Waals surface area contributed by atoms with E-state index in [4.69, 9.17) is 4.52 Å². The van der Waals surface area contributed by atoms with Crippen LogP contribution in [-0.4, -0.2) is 34.3 Å². The zero-order valence-corrected chi connectivity index (χ0v) is 20.9. The predicted octanol–water partition coefficient (Wildman–Crippen LogP) is 4.35. The molecule has 1 aromatic carbocycles. The molecule has 0 aliphatic rings. The van der Waals surface area contributed by atoms with Crippen molar-refractivity contribution in [3.05, 3.63) is 71.6 Å². The third-order valence-electron chi connectivity index (χ3n) is 5.27. The first-order chi connectivity index (χ1) is 14.7. The molecule has 0 atom stereocenters. The summed E-state index contributed by atoms with van der Waals surface area (Å²) in [4.78, 5) is 8.79. The van der Waals surface area contributed by atoms with Gasteiger partial charge in [-0.25, -0.2) is 4.98 Å². The third-order valence-corrected chi connectivity index (χ3v) is 5.27. The van der Waals surface area contributed by atoms with Crippen LogP contribution in [0.1, 0.15) is 55.4 Å². The maximum Gasteiger partial charge on any atom is 0.191 e. The van der Waals surface area contributed by atoms with Crippen LogP contribution in [0.3, 0.4) is 0 Å². The van der Waals surface area contributed by atoms with Gasteiger partial charge < -0.3 is 19.7 Å². The number of aromatic nitrogens is 3. The van der Waals surface area contributed by atoms with Crippen molar-refractivity contribution in [2.45, 2.75) is 52.1 Å². The molecule has 0 amide bonds. The molecular weight excluding hydrogens is 503 g/mol. The Kier molecular flexibility index (Phi) is 10.6. The van der Waals surface area contributed by atoms with Crippen LogP contribution in [0.4, 0.5) is 0 Å². The molecule has 0 aliphatic carbocycles. The quantitative estimate of drug-likeness (QED) is 0.229. The molecule has 3 aromatic rings. The van der Waals surface area contributed by atoms with Gasteiger partial charge in [0.2, 0.25) is 0 Å². The molecule has 2 heterocycles. The van der Waals surface area contributed by atoms with Crippen LogP contribution in [0.15, 0.2) is 58.3 Å². The molecule has 2 aromatic heterocycles. The summed E-state index contributed by atoms with van der Waals surface area (Å²) < 4.78 is 7.65. The first-order valence-electron chi connectivity index (χ1n) is 10.7. The van der Waals surface area contributed by atoms with Crippen LogP contribution in [-0.2, 0) is 19.5 Å². The number of benzene rings is 1. The van der Waals surface area contributed by atoms with E-state index in [1.807, 2.05) is 24.5 Å². The van der Waals surface area contributed by atoms with Gasteiger partial charge in [0.15, 0.2) is 11.7 Å². The first-order valence-corrected chi connectivity index (χ1v) is 10.7. The molecule has 2 N–H and O–H groups in total. The van der Waals surface area contributed by atoms with Gasteiger partial charge in [-0.2, -0.15) is 0 Å². The average Bonchev–Trinajstić information content (AvgIpc) is 3.42. The van der Waals surface area contributed by atoms with Crippen molar-refractivity contribution in [3.8, 4) is 0 Å². The highest BCUT2D eigenvalue weighted by Crippen LogP contribution is 2.22. The highest BCUT2D eigenvalue weighted by molar-refractivity contribution is 14.0. The molecule has 168 valence electrons. The van der Waals surface area contributed by atoms with Crippen molar-refractivity contribution in [1.29, 1.82) is 0 Å². The molecular formula is C23H33IN6O. The van der Waals surface area contributed by atoms with E-state index in [1.54, 1.807) is 7.05 Å². The summed E-state index contributed by atoms with van der Waals surface area (Å²) in [5.74, 6) is 3.06. The normalized spacial score (nSPS) is 11.4. The van der Waals surface area contributed by atoms with Gasteiger partial charge in [0.05, 0.1) is 12.2 Å². The summed E-state index contributed by atoms with van der Waals surface area (Å²) in [5.41, 5.74) is 2.30. The molecule has 8 heteroatoms. The summed E-state index contributed by atoms with van der Waals surface area (Å²) in [6, 6.07) is 12.5. The van der Waals surface area contributed by atoms with E-state index in [0.717, 1.165) is 55.6 Å². The Balaban J connectivity index is 0.00000341. The van der Waals surface area contributed by atoms with E-state index in [2.05, 4.69) is 68.4 Å². The number of halogens is 1. The van der Waals surface area contributed by atoms with E-state index in [-0.39, 0.29) is 24.0 Å². The van der Waals surface area contributed by atoms with Crippen LogP contribution < -0.4 is 10.6 Å². The van der Waals surface area contributed by atoms with Crippen LogP contribution >= 0.6 is 24.0 Å². The maximum atomic E-state index is 5.47. The second-order valence-corrected chi connectivity index (χ2v) is 7.29. The van der Waals surface area contributed by atoms with Crippen LogP contribution in [0, 0.1) is 0 Å². The number of hydrogen-bond acceptors (Lipinski definition) is 4. The van der Waals surface area contributed by atoms with Crippen molar-refractivity contribution in [2.24, 2.45) is 4.99 Å². The lowest BCUT2D eigenvalue weighted by Gasteiger charge is -2.12. The molecule has 0 radical (unpaired) electrons. The van der Waals surface area contributed by atoms with Gasteiger partial charge in [-0.3, -0.25) is 4.99 Å². The fraction of sp³-hybridized carbons (Fsp3) is 0.435. The van der Waals surface area contributed by atoms with Gasteiger partial charge in [-0.15, -0.1) is 24.0 Å². The zero-order chi connectivity index (χ0) is 21.2. The Bertz CT molecular complexity index is 917. The average molecular weight is 536 g/mol. The van der Waals surface area contributed by atoms with Crippen LogP contribution in [0.5, 0.6) is 0 Å². The van der Waals surface area contributed by atoms with Crippen molar-refractivity contribution in [1.82, 2.24) is 25.3 Å². The van der Waals surface area contributed by atoms with Gasteiger partial charge in [-0.1, -0.05) is 49.3 Å². The Morgan fingerprint density at radius 2 is 1.94 bits per heavy atom. The smallest absolute Gasteiger partial charge is 0.191 e. The van der Waals surface area contributed by atoms with E-state index < -0.39 is 0 Å². The fourth-order valence-electron chi connectivity index (χ4n) is 3.49. The summed E-state index contributed by atoms with van der Waals surface area (Å²) in [6.45, 7) is 6.47. The molecule has 0 fully saturated rings. The summed E-state index contributed by atoms with van der Waals surface area (Å²) >= 11 is 0. The van der Waals surface area contributed by atoms with E-state index in [9.17, 15) is 0 Å². The van der Waals surface area contributed by atoms with Gasteiger partial charge in [0.25, 0.3) is 0 Å². The summed E-state index contributed by atoms with van der Waals surface area (Å²) in [5, 5.41) is 10.8. The zero-order valence-electron chi connectivity index (χ0n) is 18.5. The summed E-state index contributed by atoms with van der Waals surface area (Å²) in [6.07, 6.45) is 6.82. The van der Waals surface area contributed by atoms with E-state index in [1.165, 1.54) is 5.56 Å². The molecule has 7 nitrogen and oxygen atoms in total. The first kappa shape index (κ1) is 24.9. The molecule has 31 heavy (non-hydrogen) atoms. The largest absolute Gasteiger partial charge is 0.359 e. The number of nitrogens with zero attached hydrogens (tertiary/aromatic N) is 4. The van der Waals surface area contributed by atoms with Crippen LogP contribution in [0.2, 0.25) is 0 Å². The fourth-order valence-corrected chi connectivity index (χ4v) is 3.49. The van der Waals surface area contributed by atoms with Crippen LogP contribution in [0.25, 0.3) is 0 Å². The van der Waals surface area contributed by atoms with E-state index in [0.29, 0.717) is 12.5 Å². The minimum absolute atomic E-state index is 0. The topological polar surface area (TPSA) is 80.3 Å². The SMILES string of the molecule is CCC(CC)c1cc(CNC(=NC)NCCc2nccn2Cc2ccccc2)on1.I. The van der Waals surface area contributed by atoms with E-state index >= 15 is 0 Å². The molecule has 3 rings (SSSR count). The molecule has 0 unspecified atom stereocenters. The van der Waals surface area contributed by atoms with Gasteiger partial charge in [0, 0.05) is 50.9 Å². The Morgan fingerprint density at radius 3 is 2.65 bits per heavy atom. The Labute approximate surface area is 201 Å². The standard InChI is InChI=1S/C23H32N6O.HI/c1-4-19(5-2)21-15-20(30-28-21)16-27-23(24-3)26-12-11-22-25-13-14-29(22)17-18-9-7-6-8-10-18;/h6-10,13-15,19H,4-5,11-12,16-17H2,1-3H3,(H2,24,26,27);1H. The number of imidazole rings is 1. The lowest BCUT2D eigenvalue weighted by atomic mass is 9.99. The lowest BCUT2D eigenvalue weighted by Crippen LogP contribution is -2.38. The number of guanidine groups is 1. The lowest BCUT2D eigenvalue weighted by molar-refractivity contribution is 0.368.